The molecule has 1 amide bonds. The monoisotopic (exact) mass is 355 g/mol. The lowest BCUT2D eigenvalue weighted by Gasteiger charge is -2.41. The van der Waals surface area contributed by atoms with Crippen molar-refractivity contribution in [2.24, 2.45) is 0 Å². The van der Waals surface area contributed by atoms with Crippen LogP contribution >= 0.6 is 11.3 Å². The van der Waals surface area contributed by atoms with Gasteiger partial charge in [-0.2, -0.15) is 0 Å². The number of carbonyl (C=O) groups is 1. The van der Waals surface area contributed by atoms with Crippen LogP contribution in [0.3, 0.4) is 0 Å². The molecule has 0 radical (unpaired) electrons. The van der Waals surface area contributed by atoms with Crippen LogP contribution in [0.15, 0.2) is 24.3 Å². The van der Waals surface area contributed by atoms with Crippen molar-refractivity contribution >= 4 is 17.2 Å². The van der Waals surface area contributed by atoms with Crippen LogP contribution in [0, 0.1) is 13.8 Å². The molecule has 25 heavy (non-hydrogen) atoms. The number of benzene rings is 1. The lowest BCUT2D eigenvalue weighted by atomic mass is 9.87. The summed E-state index contributed by atoms with van der Waals surface area (Å²) in [5.41, 5.74) is 3.90. The SMILES string of the molecule is Cc1nc(C)c(C(=O)N2CCN([C@@H]3CCc4ccccc4C3)CC2)s1. The first-order chi connectivity index (χ1) is 12.1. The van der Waals surface area contributed by atoms with Crippen LogP contribution in [0.4, 0.5) is 0 Å². The van der Waals surface area contributed by atoms with E-state index in [2.05, 4.69) is 34.1 Å². The highest BCUT2D eigenvalue weighted by molar-refractivity contribution is 7.13. The van der Waals surface area contributed by atoms with Gasteiger partial charge in [-0.1, -0.05) is 24.3 Å². The molecule has 1 atom stereocenters. The standard InChI is InChI=1S/C20H25N3OS/c1-14-19(25-15(2)21-14)20(24)23-11-9-22(10-12-23)18-8-7-16-5-3-4-6-17(16)13-18/h3-6,18H,7-13H2,1-2H3/t18-/m1/s1. The van der Waals surface area contributed by atoms with E-state index in [4.69, 9.17) is 0 Å². The van der Waals surface area contributed by atoms with Crippen molar-refractivity contribution in [3.05, 3.63) is 51.0 Å². The Morgan fingerprint density at radius 2 is 1.84 bits per heavy atom. The van der Waals surface area contributed by atoms with Crippen molar-refractivity contribution in [2.45, 2.75) is 39.2 Å². The number of fused-ring (bicyclic) bond motifs is 1. The zero-order chi connectivity index (χ0) is 17.4. The number of thiazole rings is 1. The topological polar surface area (TPSA) is 36.4 Å². The van der Waals surface area contributed by atoms with Gasteiger partial charge < -0.3 is 4.90 Å². The van der Waals surface area contributed by atoms with Crippen molar-refractivity contribution in [3.8, 4) is 0 Å². The minimum Gasteiger partial charge on any atom is -0.335 e. The smallest absolute Gasteiger partial charge is 0.265 e. The van der Waals surface area contributed by atoms with Crippen molar-refractivity contribution in [2.75, 3.05) is 26.2 Å². The van der Waals surface area contributed by atoms with Gasteiger partial charge in [-0.05, 0) is 44.2 Å². The second kappa shape index (κ2) is 6.89. The molecule has 2 heterocycles. The molecule has 2 aliphatic rings. The summed E-state index contributed by atoms with van der Waals surface area (Å²) < 4.78 is 0. The second-order valence-electron chi connectivity index (χ2n) is 7.14. The van der Waals surface area contributed by atoms with E-state index in [1.807, 2.05) is 18.7 Å². The molecule has 0 unspecified atom stereocenters. The Morgan fingerprint density at radius 1 is 1.12 bits per heavy atom. The van der Waals surface area contributed by atoms with E-state index in [1.165, 1.54) is 35.3 Å². The van der Waals surface area contributed by atoms with Gasteiger partial charge >= 0.3 is 0 Å². The highest BCUT2D eigenvalue weighted by Gasteiger charge is 2.30. The first-order valence-electron chi connectivity index (χ1n) is 9.16. The largest absolute Gasteiger partial charge is 0.335 e. The number of nitrogens with zero attached hydrogens (tertiary/aromatic N) is 3. The highest BCUT2D eigenvalue weighted by atomic mass is 32.1. The van der Waals surface area contributed by atoms with Gasteiger partial charge in [0.25, 0.3) is 5.91 Å². The van der Waals surface area contributed by atoms with E-state index >= 15 is 0 Å². The van der Waals surface area contributed by atoms with Crippen LogP contribution in [-0.2, 0) is 12.8 Å². The van der Waals surface area contributed by atoms with Gasteiger partial charge in [0.2, 0.25) is 0 Å². The summed E-state index contributed by atoms with van der Waals surface area (Å²) in [4.78, 5) is 22.6. The van der Waals surface area contributed by atoms with Crippen molar-refractivity contribution in [1.29, 1.82) is 0 Å². The number of carbonyl (C=O) groups excluding carboxylic acids is 1. The molecule has 1 aliphatic carbocycles. The Hall–Kier alpha value is -1.72. The maximum absolute atomic E-state index is 12.8. The molecule has 2 aromatic rings. The predicted molar refractivity (Wildman–Crippen MR) is 101 cm³/mol. The molecule has 0 spiro atoms. The zero-order valence-corrected chi connectivity index (χ0v) is 15.8. The number of hydrogen-bond donors (Lipinski definition) is 0. The summed E-state index contributed by atoms with van der Waals surface area (Å²) in [5, 5.41) is 0.973. The van der Waals surface area contributed by atoms with Crippen molar-refractivity contribution in [1.82, 2.24) is 14.8 Å². The van der Waals surface area contributed by atoms with Gasteiger partial charge in [-0.25, -0.2) is 4.98 Å². The number of amides is 1. The van der Waals surface area contributed by atoms with E-state index in [1.54, 1.807) is 0 Å². The van der Waals surface area contributed by atoms with Gasteiger partial charge in [0.05, 0.1) is 10.7 Å². The fourth-order valence-electron chi connectivity index (χ4n) is 4.15. The van der Waals surface area contributed by atoms with Crippen LogP contribution in [0.5, 0.6) is 0 Å². The molecule has 0 N–H and O–H groups in total. The van der Waals surface area contributed by atoms with E-state index in [-0.39, 0.29) is 5.91 Å². The number of rotatable bonds is 2. The third kappa shape index (κ3) is 3.35. The molecule has 0 bridgehead atoms. The van der Waals surface area contributed by atoms with Gasteiger partial charge in [-0.15, -0.1) is 11.3 Å². The van der Waals surface area contributed by atoms with Gasteiger partial charge in [0.15, 0.2) is 0 Å². The average Bonchev–Trinajstić information content (AvgIpc) is 2.99. The molecule has 0 saturated carbocycles. The summed E-state index contributed by atoms with van der Waals surface area (Å²) in [7, 11) is 0. The fourth-order valence-corrected chi connectivity index (χ4v) is 5.04. The zero-order valence-electron chi connectivity index (χ0n) is 15.0. The third-order valence-corrected chi connectivity index (χ3v) is 6.60. The quantitative estimate of drug-likeness (QED) is 0.831. The van der Waals surface area contributed by atoms with E-state index in [9.17, 15) is 4.79 Å². The van der Waals surface area contributed by atoms with Crippen molar-refractivity contribution < 1.29 is 4.79 Å². The number of hydrogen-bond acceptors (Lipinski definition) is 4. The Labute approximate surface area is 153 Å². The molecule has 5 heteroatoms. The summed E-state index contributed by atoms with van der Waals surface area (Å²) in [6.07, 6.45) is 3.56. The Kier molecular flexibility index (Phi) is 4.61. The molecule has 1 fully saturated rings. The minimum absolute atomic E-state index is 0.164. The maximum Gasteiger partial charge on any atom is 0.265 e. The number of aryl methyl sites for hydroxylation is 3. The Bertz CT molecular complexity index is 777. The molecule has 1 saturated heterocycles. The van der Waals surface area contributed by atoms with E-state index in [0.717, 1.165) is 48.2 Å². The van der Waals surface area contributed by atoms with Crippen molar-refractivity contribution in [3.63, 3.8) is 0 Å². The molecule has 1 aromatic carbocycles. The summed E-state index contributed by atoms with van der Waals surface area (Å²) >= 11 is 1.52. The average molecular weight is 356 g/mol. The molecule has 132 valence electrons. The molecule has 4 nitrogen and oxygen atoms in total. The lowest BCUT2D eigenvalue weighted by molar-refractivity contribution is 0.0556. The van der Waals surface area contributed by atoms with Gasteiger partial charge in [-0.3, -0.25) is 9.69 Å². The van der Waals surface area contributed by atoms with Gasteiger partial charge in [0, 0.05) is 32.2 Å². The summed E-state index contributed by atoms with van der Waals surface area (Å²) in [6, 6.07) is 9.46. The lowest BCUT2D eigenvalue weighted by Crippen LogP contribution is -2.53. The number of piperazine rings is 1. The normalized spacial score (nSPS) is 21.2. The predicted octanol–water partition coefficient (Wildman–Crippen LogP) is 3.08. The molecular formula is C20H25N3OS. The molecular weight excluding hydrogens is 330 g/mol. The van der Waals surface area contributed by atoms with E-state index in [0.29, 0.717) is 6.04 Å². The van der Waals surface area contributed by atoms with Crippen LogP contribution in [0.2, 0.25) is 0 Å². The number of aromatic nitrogens is 1. The second-order valence-corrected chi connectivity index (χ2v) is 8.34. The maximum atomic E-state index is 12.8. The summed E-state index contributed by atoms with van der Waals surface area (Å²) in [6.45, 7) is 7.52. The first kappa shape index (κ1) is 16.7. The third-order valence-electron chi connectivity index (χ3n) is 5.54. The Morgan fingerprint density at radius 3 is 2.52 bits per heavy atom. The van der Waals surface area contributed by atoms with Gasteiger partial charge in [0.1, 0.15) is 4.88 Å². The Balaban J connectivity index is 1.37. The van der Waals surface area contributed by atoms with Crippen LogP contribution < -0.4 is 0 Å². The molecule has 1 aromatic heterocycles. The molecule has 4 rings (SSSR count). The summed E-state index contributed by atoms with van der Waals surface area (Å²) in [5.74, 6) is 0.164. The van der Waals surface area contributed by atoms with Crippen LogP contribution in [0.1, 0.15) is 37.9 Å². The molecule has 1 aliphatic heterocycles. The fraction of sp³-hybridized carbons (Fsp3) is 0.500. The van der Waals surface area contributed by atoms with Crippen LogP contribution in [0.25, 0.3) is 0 Å². The first-order valence-corrected chi connectivity index (χ1v) is 9.97. The highest BCUT2D eigenvalue weighted by Crippen LogP contribution is 2.26. The van der Waals surface area contributed by atoms with Crippen LogP contribution in [-0.4, -0.2) is 52.9 Å². The van der Waals surface area contributed by atoms with E-state index < -0.39 is 0 Å². The minimum atomic E-state index is 0.164.